The van der Waals surface area contributed by atoms with Crippen LogP contribution in [0.2, 0.25) is 0 Å². The topological polar surface area (TPSA) is 107 Å². The van der Waals surface area contributed by atoms with Gasteiger partial charge >= 0.3 is 17.9 Å². The summed E-state index contributed by atoms with van der Waals surface area (Å²) in [5.41, 5.74) is 1.02. The minimum atomic E-state index is -0.339. The molecular formula is C49H52O9. The average Bonchev–Trinajstić information content (AvgIpc) is 3.24. The molecule has 0 aliphatic heterocycles. The lowest BCUT2D eigenvalue weighted by molar-refractivity contribution is -0.172. The van der Waals surface area contributed by atoms with Gasteiger partial charge in [0.15, 0.2) is 0 Å². The zero-order valence-electron chi connectivity index (χ0n) is 33.0. The summed E-state index contributed by atoms with van der Waals surface area (Å²) in [5, 5.41) is 5.97. The molecule has 9 heteroatoms. The van der Waals surface area contributed by atoms with Crippen LogP contribution in [0.3, 0.4) is 0 Å². The third-order valence-electron chi connectivity index (χ3n) is 11.1. The highest BCUT2D eigenvalue weighted by Gasteiger charge is 2.55. The molecule has 4 aliphatic rings. The van der Waals surface area contributed by atoms with Crippen molar-refractivity contribution in [2.45, 2.75) is 38.5 Å². The second kappa shape index (κ2) is 20.4. The Balaban J connectivity index is 0.000000148. The molecule has 0 unspecified atom stereocenters. The first-order valence-corrected chi connectivity index (χ1v) is 19.9. The molecule has 302 valence electrons. The molecule has 4 bridgehead atoms. The minimum Gasteiger partial charge on any atom is -0.498 e. The van der Waals surface area contributed by atoms with Crippen LogP contribution in [-0.4, -0.2) is 57.5 Å². The summed E-state index contributed by atoms with van der Waals surface area (Å²) < 4.78 is 30.7. The average molecular weight is 785 g/mol. The third kappa shape index (κ3) is 10.4. The first-order valence-electron chi connectivity index (χ1n) is 19.9. The number of fused-ring (bicyclic) bond motifs is 3. The number of hydrogen-bond donors (Lipinski definition) is 0. The van der Waals surface area contributed by atoms with Gasteiger partial charge in [-0.1, -0.05) is 98.6 Å². The first-order chi connectivity index (χ1) is 28.3. The Morgan fingerprint density at radius 1 is 0.517 bits per heavy atom. The van der Waals surface area contributed by atoms with Gasteiger partial charge in [0.25, 0.3) is 0 Å². The van der Waals surface area contributed by atoms with Gasteiger partial charge in [-0.05, 0) is 107 Å². The highest BCUT2D eigenvalue weighted by atomic mass is 16.6. The number of hydrogen-bond acceptors (Lipinski definition) is 9. The van der Waals surface area contributed by atoms with Crippen LogP contribution in [0.1, 0.15) is 59.2 Å². The van der Waals surface area contributed by atoms with Gasteiger partial charge < -0.3 is 28.4 Å². The Kier molecular flexibility index (Phi) is 14.6. The summed E-state index contributed by atoms with van der Waals surface area (Å²) in [5.74, 6) is 1.72. The molecule has 9 rings (SSSR count). The summed E-state index contributed by atoms with van der Waals surface area (Å²) in [4.78, 5) is 36.6. The molecule has 4 aliphatic carbocycles. The molecule has 0 spiro atoms. The van der Waals surface area contributed by atoms with Crippen LogP contribution in [0.15, 0.2) is 136 Å². The van der Waals surface area contributed by atoms with E-state index in [0.29, 0.717) is 37.6 Å². The van der Waals surface area contributed by atoms with Gasteiger partial charge in [-0.15, -0.1) is 0 Å². The third-order valence-corrected chi connectivity index (χ3v) is 11.1. The molecule has 0 amide bonds. The van der Waals surface area contributed by atoms with Gasteiger partial charge in [-0.2, -0.15) is 0 Å². The molecule has 4 saturated carbocycles. The highest BCUT2D eigenvalue weighted by Crippen LogP contribution is 2.60. The van der Waals surface area contributed by atoms with E-state index in [1.165, 1.54) is 38.0 Å². The number of rotatable bonds is 15. The van der Waals surface area contributed by atoms with Crippen LogP contribution >= 0.6 is 0 Å². The summed E-state index contributed by atoms with van der Waals surface area (Å²) in [6.07, 6.45) is 11.3. The van der Waals surface area contributed by atoms with E-state index >= 15 is 0 Å². The second-order valence-electron chi connectivity index (χ2n) is 15.0. The number of esters is 3. The molecular weight excluding hydrogens is 733 g/mol. The monoisotopic (exact) mass is 784 g/mol. The summed E-state index contributed by atoms with van der Waals surface area (Å²) in [7, 11) is 0. The van der Waals surface area contributed by atoms with Gasteiger partial charge in [-0.25, -0.2) is 9.59 Å². The summed E-state index contributed by atoms with van der Waals surface area (Å²) in [6, 6.07) is 31.1. The molecule has 0 radical (unpaired) electrons. The van der Waals surface area contributed by atoms with Gasteiger partial charge in [0, 0.05) is 0 Å². The van der Waals surface area contributed by atoms with Crippen LogP contribution in [-0.2, 0) is 33.2 Å². The van der Waals surface area contributed by atoms with E-state index in [4.69, 9.17) is 28.4 Å². The number of carbonyl (C=O) groups is 3. The van der Waals surface area contributed by atoms with Crippen LogP contribution in [0.5, 0.6) is 0 Å². The Morgan fingerprint density at radius 3 is 1.48 bits per heavy atom. The molecule has 58 heavy (non-hydrogen) atoms. The Morgan fingerprint density at radius 2 is 0.966 bits per heavy atom. The van der Waals surface area contributed by atoms with Crippen molar-refractivity contribution in [2.75, 3.05) is 39.6 Å². The highest BCUT2D eigenvalue weighted by molar-refractivity contribution is 6.16. The van der Waals surface area contributed by atoms with Crippen LogP contribution in [0.4, 0.5) is 0 Å². The van der Waals surface area contributed by atoms with Crippen molar-refractivity contribution in [1.29, 1.82) is 0 Å². The molecule has 0 heterocycles. The van der Waals surface area contributed by atoms with Crippen molar-refractivity contribution in [2.24, 2.45) is 23.2 Å². The molecule has 0 saturated heterocycles. The predicted molar refractivity (Wildman–Crippen MR) is 226 cm³/mol. The van der Waals surface area contributed by atoms with Crippen molar-refractivity contribution in [3.63, 3.8) is 0 Å². The molecule has 0 N–H and O–H groups in total. The first kappa shape index (κ1) is 41.5. The van der Waals surface area contributed by atoms with E-state index in [9.17, 15) is 14.4 Å². The van der Waals surface area contributed by atoms with Crippen LogP contribution in [0.25, 0.3) is 32.3 Å². The van der Waals surface area contributed by atoms with E-state index < -0.39 is 0 Å². The van der Waals surface area contributed by atoms with Crippen molar-refractivity contribution in [3.05, 3.63) is 147 Å². The fourth-order valence-corrected chi connectivity index (χ4v) is 9.02. The smallest absolute Gasteiger partial charge is 0.339 e. The van der Waals surface area contributed by atoms with Crippen molar-refractivity contribution in [1.82, 2.24) is 0 Å². The number of benzene rings is 5. The molecule has 0 aromatic heterocycles. The fraction of sp³-hybridized carbons (Fsp3) is 0.327. The van der Waals surface area contributed by atoms with Crippen LogP contribution in [0, 0.1) is 23.2 Å². The standard InChI is InChI=1S/C19H16O3.C15H22O3.C15H14O3/c1-2-21-11-12-22-19(20)18-16-9-5-3-7-14(16)13-15-8-4-6-10-17(15)18;1-2-17-3-4-18-14(16)15-8-11-5-12(9-15)7-13(6-11)10-15;1-2-17-9-10-18-15(16)14-8-7-12-5-3-4-6-13(12)11-14/h2-10,13H,1,11-12H2;2,11-13H,1,3-10H2;2-8,11H,1,9-10H2. The molecule has 4 fully saturated rings. The largest absolute Gasteiger partial charge is 0.498 e. The van der Waals surface area contributed by atoms with Gasteiger partial charge in [0.1, 0.15) is 39.6 Å². The van der Waals surface area contributed by atoms with E-state index in [1.54, 1.807) is 6.07 Å². The second-order valence-corrected chi connectivity index (χ2v) is 15.0. The lowest BCUT2D eigenvalue weighted by Crippen LogP contribution is -2.50. The molecule has 5 aromatic carbocycles. The van der Waals surface area contributed by atoms with E-state index in [1.807, 2.05) is 84.9 Å². The fourth-order valence-electron chi connectivity index (χ4n) is 9.02. The SMILES string of the molecule is C=COCCOC(=O)C12CC3CC(CC(C3)C1)C2.C=COCCOC(=O)c1c2ccccc2cc2ccccc12.C=COCCOC(=O)c1ccc2ccccc2c1. The Hall–Kier alpha value is -6.09. The molecule has 9 nitrogen and oxygen atoms in total. The minimum absolute atomic E-state index is 0.0364. The maximum absolute atomic E-state index is 12.5. The zero-order valence-corrected chi connectivity index (χ0v) is 33.0. The normalized spacial score (nSPS) is 19.7. The van der Waals surface area contributed by atoms with E-state index in [2.05, 4.69) is 25.8 Å². The van der Waals surface area contributed by atoms with Gasteiger partial charge in [-0.3, -0.25) is 4.79 Å². The summed E-state index contributed by atoms with van der Waals surface area (Å²) in [6.45, 7) is 12.1. The van der Waals surface area contributed by atoms with E-state index in [0.717, 1.165) is 69.3 Å². The van der Waals surface area contributed by atoms with Gasteiger partial charge in [0.2, 0.25) is 0 Å². The quantitative estimate of drug-likeness (QED) is 0.0337. The number of carbonyl (C=O) groups excluding carboxylic acids is 3. The summed E-state index contributed by atoms with van der Waals surface area (Å²) >= 11 is 0. The lowest BCUT2D eigenvalue weighted by atomic mass is 9.49. The van der Waals surface area contributed by atoms with Crippen molar-refractivity contribution < 1.29 is 42.8 Å². The maximum atomic E-state index is 12.5. The Labute approximate surface area is 340 Å². The molecule has 0 atom stereocenters. The maximum Gasteiger partial charge on any atom is 0.339 e. The predicted octanol–water partition coefficient (Wildman–Crippen LogP) is 10.4. The van der Waals surface area contributed by atoms with Gasteiger partial charge in [0.05, 0.1) is 35.3 Å². The van der Waals surface area contributed by atoms with E-state index in [-0.39, 0.29) is 36.5 Å². The zero-order chi connectivity index (χ0) is 40.7. The Bertz CT molecular complexity index is 2130. The van der Waals surface area contributed by atoms with Crippen molar-refractivity contribution in [3.8, 4) is 0 Å². The lowest BCUT2D eigenvalue weighted by Gasteiger charge is -2.55. The van der Waals surface area contributed by atoms with Crippen LogP contribution < -0.4 is 0 Å². The van der Waals surface area contributed by atoms with Crippen molar-refractivity contribution >= 4 is 50.2 Å². The number of ether oxygens (including phenoxy) is 6. The molecule has 5 aromatic rings.